The van der Waals surface area contributed by atoms with Crippen molar-refractivity contribution in [2.24, 2.45) is 5.92 Å². The molecule has 0 saturated carbocycles. The zero-order chi connectivity index (χ0) is 11.5. The van der Waals surface area contributed by atoms with Gasteiger partial charge in [0.1, 0.15) is 12.4 Å². The Labute approximate surface area is 95.4 Å². The smallest absolute Gasteiger partial charge is 0.313 e. The molecular weight excluding hydrogens is 204 g/mol. The maximum atomic E-state index is 11.7. The Morgan fingerprint density at radius 3 is 2.94 bits per heavy atom. The quantitative estimate of drug-likeness (QED) is 0.717. The molecule has 1 unspecified atom stereocenters. The van der Waals surface area contributed by atoms with Crippen LogP contribution in [0.1, 0.15) is 19.4 Å². The van der Waals surface area contributed by atoms with Crippen LogP contribution >= 0.6 is 0 Å². The molecule has 1 aromatic carbocycles. The maximum absolute atomic E-state index is 11.7. The minimum atomic E-state index is -0.169. The summed E-state index contributed by atoms with van der Waals surface area (Å²) in [7, 11) is 0. The first kappa shape index (κ1) is 11.0. The summed E-state index contributed by atoms with van der Waals surface area (Å²) < 4.78 is 10.7. The van der Waals surface area contributed by atoms with E-state index in [0.717, 1.165) is 11.3 Å². The number of rotatable bonds is 2. The fourth-order valence-electron chi connectivity index (χ4n) is 1.81. The van der Waals surface area contributed by atoms with Crippen LogP contribution in [0.15, 0.2) is 24.3 Å². The Hall–Kier alpha value is -1.51. The molecule has 1 heterocycles. The Balaban J connectivity index is 2.05. The standard InChI is InChI=1S/C13H16O3/c1-9(2)16-13(14)11-7-10-5-3-4-6-12(10)15-8-11/h3-6,9,11H,7-8H2,1-2H3. The monoisotopic (exact) mass is 220 g/mol. The molecule has 3 nitrogen and oxygen atoms in total. The molecule has 0 N–H and O–H groups in total. The molecule has 0 amide bonds. The third kappa shape index (κ3) is 2.35. The van der Waals surface area contributed by atoms with E-state index in [2.05, 4.69) is 0 Å². The molecule has 0 aromatic heterocycles. The SMILES string of the molecule is CC(C)OC(=O)C1COc2ccccc2C1. The summed E-state index contributed by atoms with van der Waals surface area (Å²) in [5.74, 6) is 0.554. The number of hydrogen-bond acceptors (Lipinski definition) is 3. The van der Waals surface area contributed by atoms with E-state index in [1.807, 2.05) is 38.1 Å². The summed E-state index contributed by atoms with van der Waals surface area (Å²) in [5, 5.41) is 0. The third-order valence-corrected chi connectivity index (χ3v) is 2.56. The van der Waals surface area contributed by atoms with Gasteiger partial charge in [-0.3, -0.25) is 4.79 Å². The van der Waals surface area contributed by atoms with Gasteiger partial charge in [0.25, 0.3) is 0 Å². The fraction of sp³-hybridized carbons (Fsp3) is 0.462. The number of carbonyl (C=O) groups excluding carboxylic acids is 1. The molecule has 1 aromatic rings. The van der Waals surface area contributed by atoms with Crippen molar-refractivity contribution in [3.8, 4) is 5.75 Å². The first-order chi connectivity index (χ1) is 7.66. The first-order valence-corrected chi connectivity index (χ1v) is 5.58. The van der Waals surface area contributed by atoms with Crippen molar-refractivity contribution in [3.63, 3.8) is 0 Å². The van der Waals surface area contributed by atoms with Crippen LogP contribution in [0, 0.1) is 5.92 Å². The number of carbonyl (C=O) groups is 1. The molecule has 1 atom stereocenters. The predicted molar refractivity (Wildman–Crippen MR) is 60.4 cm³/mol. The van der Waals surface area contributed by atoms with Gasteiger partial charge in [-0.2, -0.15) is 0 Å². The number of hydrogen-bond donors (Lipinski definition) is 0. The molecule has 0 bridgehead atoms. The molecule has 0 spiro atoms. The van der Waals surface area contributed by atoms with E-state index in [1.165, 1.54) is 0 Å². The molecule has 3 heteroatoms. The van der Waals surface area contributed by atoms with E-state index >= 15 is 0 Å². The highest BCUT2D eigenvalue weighted by molar-refractivity contribution is 5.73. The zero-order valence-corrected chi connectivity index (χ0v) is 9.60. The van der Waals surface area contributed by atoms with Gasteiger partial charge in [-0.15, -0.1) is 0 Å². The molecule has 0 aliphatic carbocycles. The highest BCUT2D eigenvalue weighted by Crippen LogP contribution is 2.27. The van der Waals surface area contributed by atoms with Gasteiger partial charge in [0.05, 0.1) is 12.0 Å². The van der Waals surface area contributed by atoms with Crippen molar-refractivity contribution in [1.82, 2.24) is 0 Å². The molecule has 86 valence electrons. The second-order valence-corrected chi connectivity index (χ2v) is 4.31. The van der Waals surface area contributed by atoms with Gasteiger partial charge in [-0.25, -0.2) is 0 Å². The van der Waals surface area contributed by atoms with Gasteiger partial charge in [0.15, 0.2) is 0 Å². The maximum Gasteiger partial charge on any atom is 0.313 e. The lowest BCUT2D eigenvalue weighted by Crippen LogP contribution is -2.31. The van der Waals surface area contributed by atoms with E-state index in [0.29, 0.717) is 13.0 Å². The Kier molecular flexibility index (Phi) is 3.13. The molecular formula is C13H16O3. The fourth-order valence-corrected chi connectivity index (χ4v) is 1.81. The van der Waals surface area contributed by atoms with Crippen molar-refractivity contribution in [2.75, 3.05) is 6.61 Å². The average Bonchev–Trinajstić information content (AvgIpc) is 2.27. The summed E-state index contributed by atoms with van der Waals surface area (Å²) >= 11 is 0. The van der Waals surface area contributed by atoms with Gasteiger partial charge in [-0.1, -0.05) is 18.2 Å². The van der Waals surface area contributed by atoms with E-state index < -0.39 is 0 Å². The summed E-state index contributed by atoms with van der Waals surface area (Å²) in [5.41, 5.74) is 1.08. The lowest BCUT2D eigenvalue weighted by Gasteiger charge is -2.24. The van der Waals surface area contributed by atoms with Crippen molar-refractivity contribution in [1.29, 1.82) is 0 Å². The van der Waals surface area contributed by atoms with Gasteiger partial charge in [0, 0.05) is 0 Å². The van der Waals surface area contributed by atoms with Crippen LogP contribution in [0.2, 0.25) is 0 Å². The van der Waals surface area contributed by atoms with Crippen LogP contribution in [-0.2, 0) is 16.0 Å². The van der Waals surface area contributed by atoms with Gasteiger partial charge in [-0.05, 0) is 31.9 Å². The molecule has 1 aliphatic heterocycles. The topological polar surface area (TPSA) is 35.5 Å². The van der Waals surface area contributed by atoms with E-state index in [4.69, 9.17) is 9.47 Å². The molecule has 1 aliphatic rings. The van der Waals surface area contributed by atoms with Crippen LogP contribution < -0.4 is 4.74 Å². The van der Waals surface area contributed by atoms with Crippen molar-refractivity contribution in [2.45, 2.75) is 26.4 Å². The summed E-state index contributed by atoms with van der Waals surface area (Å²) in [6.45, 7) is 4.13. The number of benzene rings is 1. The predicted octanol–water partition coefficient (Wildman–Crippen LogP) is 2.19. The van der Waals surface area contributed by atoms with Crippen LogP contribution in [0.4, 0.5) is 0 Å². The molecule has 16 heavy (non-hydrogen) atoms. The Morgan fingerprint density at radius 1 is 1.44 bits per heavy atom. The molecule has 0 radical (unpaired) electrons. The second-order valence-electron chi connectivity index (χ2n) is 4.31. The van der Waals surface area contributed by atoms with E-state index in [-0.39, 0.29) is 18.0 Å². The molecule has 0 saturated heterocycles. The van der Waals surface area contributed by atoms with Gasteiger partial charge in [0.2, 0.25) is 0 Å². The summed E-state index contributed by atoms with van der Waals surface area (Å²) in [6, 6.07) is 7.81. The third-order valence-electron chi connectivity index (χ3n) is 2.56. The minimum Gasteiger partial charge on any atom is -0.492 e. The van der Waals surface area contributed by atoms with Gasteiger partial charge < -0.3 is 9.47 Å². The largest absolute Gasteiger partial charge is 0.492 e. The second kappa shape index (κ2) is 4.56. The van der Waals surface area contributed by atoms with Crippen LogP contribution in [0.3, 0.4) is 0 Å². The molecule has 2 rings (SSSR count). The van der Waals surface area contributed by atoms with Crippen LogP contribution in [-0.4, -0.2) is 18.7 Å². The number of fused-ring (bicyclic) bond motifs is 1. The highest BCUT2D eigenvalue weighted by Gasteiger charge is 2.27. The Morgan fingerprint density at radius 2 is 2.19 bits per heavy atom. The first-order valence-electron chi connectivity index (χ1n) is 5.58. The van der Waals surface area contributed by atoms with Crippen molar-refractivity contribution in [3.05, 3.63) is 29.8 Å². The zero-order valence-electron chi connectivity index (χ0n) is 9.60. The number of esters is 1. The van der Waals surface area contributed by atoms with Crippen molar-refractivity contribution >= 4 is 5.97 Å². The van der Waals surface area contributed by atoms with E-state index in [1.54, 1.807) is 0 Å². The minimum absolute atomic E-state index is 0.0651. The highest BCUT2D eigenvalue weighted by atomic mass is 16.5. The van der Waals surface area contributed by atoms with Gasteiger partial charge >= 0.3 is 5.97 Å². The van der Waals surface area contributed by atoms with Crippen LogP contribution in [0.25, 0.3) is 0 Å². The Bertz CT molecular complexity index is 385. The summed E-state index contributed by atoms with van der Waals surface area (Å²) in [4.78, 5) is 11.7. The number of ether oxygens (including phenoxy) is 2. The van der Waals surface area contributed by atoms with Crippen LogP contribution in [0.5, 0.6) is 5.75 Å². The summed E-state index contributed by atoms with van der Waals surface area (Å²) in [6.07, 6.45) is 0.645. The lowest BCUT2D eigenvalue weighted by atomic mass is 9.97. The van der Waals surface area contributed by atoms with E-state index in [9.17, 15) is 4.79 Å². The number of para-hydroxylation sites is 1. The molecule has 0 fully saturated rings. The average molecular weight is 220 g/mol. The van der Waals surface area contributed by atoms with Crippen molar-refractivity contribution < 1.29 is 14.3 Å². The lowest BCUT2D eigenvalue weighted by molar-refractivity contribution is -0.153. The normalized spacial score (nSPS) is 18.8.